The molecular formula is C27H30N2O3. The first-order chi connectivity index (χ1) is 15.7. The van der Waals surface area contributed by atoms with Crippen molar-refractivity contribution >= 4 is 5.91 Å². The quantitative estimate of drug-likeness (QED) is 0.488. The Morgan fingerprint density at radius 1 is 1.09 bits per heavy atom. The van der Waals surface area contributed by atoms with E-state index < -0.39 is 0 Å². The lowest BCUT2D eigenvalue weighted by molar-refractivity contribution is 0.0507. The Hall–Kier alpha value is -3.18. The highest BCUT2D eigenvalue weighted by Crippen LogP contribution is 2.19. The molecule has 1 amide bonds. The molecule has 0 bridgehead atoms. The highest BCUT2D eigenvalue weighted by molar-refractivity contribution is 5.94. The van der Waals surface area contributed by atoms with Crippen molar-refractivity contribution in [1.29, 1.82) is 0 Å². The molecule has 1 atom stereocenters. The van der Waals surface area contributed by atoms with Crippen molar-refractivity contribution in [3.8, 4) is 5.75 Å². The van der Waals surface area contributed by atoms with E-state index in [1.807, 2.05) is 78.6 Å². The Morgan fingerprint density at radius 2 is 1.91 bits per heavy atom. The number of aromatic nitrogens is 1. The number of pyridine rings is 1. The normalized spacial score (nSPS) is 15.5. The maximum absolute atomic E-state index is 13.2. The maximum atomic E-state index is 13.2. The van der Waals surface area contributed by atoms with Crippen molar-refractivity contribution in [3.63, 3.8) is 0 Å². The average Bonchev–Trinajstić information content (AvgIpc) is 3.34. The molecule has 3 aromatic rings. The fourth-order valence-corrected chi connectivity index (χ4v) is 3.86. The summed E-state index contributed by atoms with van der Waals surface area (Å²) in [7, 11) is 0. The van der Waals surface area contributed by atoms with Crippen molar-refractivity contribution < 1.29 is 14.3 Å². The number of ether oxygens (including phenoxy) is 2. The monoisotopic (exact) mass is 430 g/mol. The molecule has 166 valence electrons. The first-order valence-electron chi connectivity index (χ1n) is 11.3. The van der Waals surface area contributed by atoms with Crippen LogP contribution in [0.1, 0.15) is 40.0 Å². The van der Waals surface area contributed by atoms with E-state index in [1.54, 1.807) is 6.20 Å². The van der Waals surface area contributed by atoms with Gasteiger partial charge >= 0.3 is 0 Å². The van der Waals surface area contributed by atoms with Gasteiger partial charge in [-0.15, -0.1) is 0 Å². The first-order valence-corrected chi connectivity index (χ1v) is 11.3. The standard InChI is InChI=1S/C27H30N2O3/c1-21-7-11-23(12-8-21)27(30)29(20-26-6-4-17-31-26)19-22-9-13-25(14-10-22)32-18-15-24-5-2-3-16-28-24/h2-3,5,7-14,16,26H,4,6,15,17-20H2,1H3/t26-/m1/s1. The molecule has 2 heterocycles. The van der Waals surface area contributed by atoms with Crippen LogP contribution in [0, 0.1) is 6.92 Å². The summed E-state index contributed by atoms with van der Waals surface area (Å²) in [4.78, 5) is 19.4. The molecule has 0 N–H and O–H groups in total. The third-order valence-corrected chi connectivity index (χ3v) is 5.68. The zero-order valence-electron chi connectivity index (χ0n) is 18.6. The second-order valence-corrected chi connectivity index (χ2v) is 8.25. The Labute approximate surface area is 190 Å². The third kappa shape index (κ3) is 6.17. The van der Waals surface area contributed by atoms with Crippen molar-refractivity contribution in [1.82, 2.24) is 9.88 Å². The second kappa shape index (κ2) is 10.9. The first kappa shape index (κ1) is 22.0. The van der Waals surface area contributed by atoms with Crippen LogP contribution in [-0.2, 0) is 17.7 Å². The number of benzene rings is 2. The van der Waals surface area contributed by atoms with Gasteiger partial charge in [-0.25, -0.2) is 0 Å². The van der Waals surface area contributed by atoms with Crippen molar-refractivity contribution in [2.24, 2.45) is 0 Å². The molecule has 0 radical (unpaired) electrons. The number of amides is 1. The predicted octanol–water partition coefficient (Wildman–Crippen LogP) is 4.83. The maximum Gasteiger partial charge on any atom is 0.254 e. The molecule has 2 aromatic carbocycles. The average molecular weight is 431 g/mol. The van der Waals surface area contributed by atoms with Crippen molar-refractivity contribution in [3.05, 3.63) is 95.3 Å². The van der Waals surface area contributed by atoms with E-state index in [-0.39, 0.29) is 12.0 Å². The SMILES string of the molecule is Cc1ccc(C(=O)N(Cc2ccc(OCCc3ccccn3)cc2)C[C@H]2CCCO2)cc1. The summed E-state index contributed by atoms with van der Waals surface area (Å²) in [6.07, 6.45) is 4.73. The number of hydrogen-bond donors (Lipinski definition) is 0. The lowest BCUT2D eigenvalue weighted by atomic mass is 10.1. The van der Waals surface area contributed by atoms with Crippen LogP contribution in [0.15, 0.2) is 72.9 Å². The summed E-state index contributed by atoms with van der Waals surface area (Å²) in [5.41, 5.74) is 3.94. The predicted molar refractivity (Wildman–Crippen MR) is 125 cm³/mol. The second-order valence-electron chi connectivity index (χ2n) is 8.25. The van der Waals surface area contributed by atoms with Crippen LogP contribution in [0.4, 0.5) is 0 Å². The topological polar surface area (TPSA) is 51.7 Å². The third-order valence-electron chi connectivity index (χ3n) is 5.68. The Morgan fingerprint density at radius 3 is 2.59 bits per heavy atom. The molecule has 1 fully saturated rings. The zero-order valence-corrected chi connectivity index (χ0v) is 18.6. The molecule has 5 nitrogen and oxygen atoms in total. The summed E-state index contributed by atoms with van der Waals surface area (Å²) in [6.45, 7) is 4.53. The van der Waals surface area contributed by atoms with Crippen LogP contribution in [0.2, 0.25) is 0 Å². The number of hydrogen-bond acceptors (Lipinski definition) is 4. The summed E-state index contributed by atoms with van der Waals surface area (Å²) >= 11 is 0. The van der Waals surface area contributed by atoms with Crippen LogP contribution in [0.3, 0.4) is 0 Å². The Bertz CT molecular complexity index is 982. The minimum Gasteiger partial charge on any atom is -0.493 e. The molecule has 1 aliphatic heterocycles. The number of nitrogens with zero attached hydrogens (tertiary/aromatic N) is 2. The van der Waals surface area contributed by atoms with Crippen LogP contribution >= 0.6 is 0 Å². The largest absolute Gasteiger partial charge is 0.493 e. The number of aryl methyl sites for hydroxylation is 1. The number of carbonyl (C=O) groups is 1. The minimum atomic E-state index is 0.0381. The molecule has 0 unspecified atom stereocenters. The molecule has 0 spiro atoms. The summed E-state index contributed by atoms with van der Waals surface area (Å²) < 4.78 is 11.7. The molecule has 5 heteroatoms. The van der Waals surface area contributed by atoms with Gasteiger partial charge in [0.25, 0.3) is 5.91 Å². The van der Waals surface area contributed by atoms with Gasteiger partial charge in [-0.2, -0.15) is 0 Å². The van der Waals surface area contributed by atoms with E-state index in [0.29, 0.717) is 25.3 Å². The van der Waals surface area contributed by atoms with Crippen LogP contribution in [0.25, 0.3) is 0 Å². The van der Waals surface area contributed by atoms with Gasteiger partial charge in [0.15, 0.2) is 0 Å². The van der Waals surface area contributed by atoms with E-state index >= 15 is 0 Å². The van der Waals surface area contributed by atoms with E-state index in [9.17, 15) is 4.79 Å². The van der Waals surface area contributed by atoms with Crippen molar-refractivity contribution in [2.75, 3.05) is 19.8 Å². The van der Waals surface area contributed by atoms with Gasteiger partial charge in [-0.05, 0) is 61.7 Å². The fourth-order valence-electron chi connectivity index (χ4n) is 3.86. The lowest BCUT2D eigenvalue weighted by Crippen LogP contribution is -2.37. The molecule has 1 aliphatic rings. The van der Waals surface area contributed by atoms with Crippen molar-refractivity contribution in [2.45, 2.75) is 38.8 Å². The molecule has 4 rings (SSSR count). The van der Waals surface area contributed by atoms with Gasteiger partial charge in [-0.3, -0.25) is 9.78 Å². The van der Waals surface area contributed by atoms with Gasteiger partial charge in [0.1, 0.15) is 5.75 Å². The molecular weight excluding hydrogens is 400 g/mol. The van der Waals surface area contributed by atoms with Crippen LogP contribution in [-0.4, -0.2) is 41.7 Å². The minimum absolute atomic E-state index is 0.0381. The fraction of sp³-hybridized carbons (Fsp3) is 0.333. The number of rotatable bonds is 9. The summed E-state index contributed by atoms with van der Waals surface area (Å²) in [5, 5.41) is 0. The molecule has 32 heavy (non-hydrogen) atoms. The van der Waals surface area contributed by atoms with Gasteiger partial charge in [0.05, 0.1) is 12.7 Å². The highest BCUT2D eigenvalue weighted by Gasteiger charge is 2.23. The molecule has 1 aromatic heterocycles. The lowest BCUT2D eigenvalue weighted by Gasteiger charge is -2.26. The number of carbonyl (C=O) groups excluding carboxylic acids is 1. The van der Waals surface area contributed by atoms with Gasteiger partial charge < -0.3 is 14.4 Å². The zero-order chi connectivity index (χ0) is 22.2. The Kier molecular flexibility index (Phi) is 7.51. The van der Waals surface area contributed by atoms with E-state index in [4.69, 9.17) is 9.47 Å². The molecule has 1 saturated heterocycles. The smallest absolute Gasteiger partial charge is 0.254 e. The van der Waals surface area contributed by atoms with Gasteiger partial charge in [0, 0.05) is 43.6 Å². The molecule has 0 aliphatic carbocycles. The van der Waals surface area contributed by atoms with E-state index in [0.717, 1.165) is 48.4 Å². The summed E-state index contributed by atoms with van der Waals surface area (Å²) in [6, 6.07) is 21.7. The van der Waals surface area contributed by atoms with Crippen LogP contribution < -0.4 is 4.74 Å². The summed E-state index contributed by atoms with van der Waals surface area (Å²) in [5.74, 6) is 0.858. The van der Waals surface area contributed by atoms with E-state index in [1.165, 1.54) is 0 Å². The van der Waals surface area contributed by atoms with E-state index in [2.05, 4.69) is 4.98 Å². The Balaban J connectivity index is 1.38. The van der Waals surface area contributed by atoms with Gasteiger partial charge in [-0.1, -0.05) is 35.9 Å². The van der Waals surface area contributed by atoms with Gasteiger partial charge in [0.2, 0.25) is 0 Å². The molecule has 0 saturated carbocycles. The highest BCUT2D eigenvalue weighted by atomic mass is 16.5. The van der Waals surface area contributed by atoms with Crippen LogP contribution in [0.5, 0.6) is 5.75 Å².